The van der Waals surface area contributed by atoms with Crippen LogP contribution in [-0.2, 0) is 9.59 Å². The van der Waals surface area contributed by atoms with E-state index in [9.17, 15) is 14.7 Å². The summed E-state index contributed by atoms with van der Waals surface area (Å²) >= 11 is 1.66. The summed E-state index contributed by atoms with van der Waals surface area (Å²) in [4.78, 5) is 26.4. The zero-order valence-electron chi connectivity index (χ0n) is 15.5. The number of rotatable bonds is 7. The van der Waals surface area contributed by atoms with E-state index < -0.39 is 5.60 Å². The zero-order chi connectivity index (χ0) is 18.6. The smallest absolute Gasteiger partial charge is 0.227 e. The highest BCUT2D eigenvalue weighted by atomic mass is 32.2. The molecule has 138 valence electrons. The summed E-state index contributed by atoms with van der Waals surface area (Å²) < 4.78 is 0. The van der Waals surface area contributed by atoms with Crippen molar-refractivity contribution in [2.45, 2.75) is 39.2 Å². The summed E-state index contributed by atoms with van der Waals surface area (Å²) in [6, 6.07) is 5.91. The van der Waals surface area contributed by atoms with Crippen molar-refractivity contribution in [2.75, 3.05) is 30.0 Å². The van der Waals surface area contributed by atoms with Crippen LogP contribution in [0.2, 0.25) is 0 Å². The first-order valence-corrected chi connectivity index (χ1v) is 9.99. The molecule has 2 amide bonds. The van der Waals surface area contributed by atoms with E-state index in [1.54, 1.807) is 23.6 Å². The number of amides is 2. The van der Waals surface area contributed by atoms with Crippen molar-refractivity contribution in [3.05, 3.63) is 29.3 Å². The van der Waals surface area contributed by atoms with E-state index in [1.807, 2.05) is 38.3 Å². The van der Waals surface area contributed by atoms with Crippen LogP contribution < -0.4 is 10.2 Å². The molecule has 1 heterocycles. The fourth-order valence-electron chi connectivity index (χ4n) is 2.86. The van der Waals surface area contributed by atoms with E-state index in [1.165, 1.54) is 5.56 Å². The van der Waals surface area contributed by atoms with Crippen LogP contribution in [0.3, 0.4) is 0 Å². The fourth-order valence-corrected chi connectivity index (χ4v) is 3.50. The third-order valence-corrected chi connectivity index (χ3v) is 5.40. The van der Waals surface area contributed by atoms with E-state index in [-0.39, 0.29) is 30.7 Å². The Morgan fingerprint density at radius 1 is 1.40 bits per heavy atom. The fraction of sp³-hybridized carbons (Fsp3) is 0.579. The maximum Gasteiger partial charge on any atom is 0.227 e. The van der Waals surface area contributed by atoms with Crippen LogP contribution in [0.25, 0.3) is 0 Å². The molecule has 0 radical (unpaired) electrons. The minimum atomic E-state index is -0.922. The highest BCUT2D eigenvalue weighted by Crippen LogP contribution is 2.27. The van der Waals surface area contributed by atoms with Crippen molar-refractivity contribution in [2.24, 2.45) is 5.92 Å². The Kier molecular flexibility index (Phi) is 6.52. The van der Waals surface area contributed by atoms with Crippen molar-refractivity contribution in [3.8, 4) is 0 Å². The highest BCUT2D eigenvalue weighted by molar-refractivity contribution is 7.98. The van der Waals surface area contributed by atoms with Crippen LogP contribution in [0.5, 0.6) is 0 Å². The molecule has 5 nitrogen and oxygen atoms in total. The Morgan fingerprint density at radius 3 is 2.76 bits per heavy atom. The van der Waals surface area contributed by atoms with Crippen molar-refractivity contribution in [3.63, 3.8) is 0 Å². The molecular weight excluding hydrogens is 336 g/mol. The first kappa shape index (κ1) is 19.8. The van der Waals surface area contributed by atoms with Gasteiger partial charge in [0.15, 0.2) is 0 Å². The summed E-state index contributed by atoms with van der Waals surface area (Å²) in [5, 5.41) is 13.1. The number of aliphatic hydroxyl groups is 1. The largest absolute Gasteiger partial charge is 0.388 e. The molecule has 0 aliphatic carbocycles. The number of hydrogen-bond donors (Lipinski definition) is 2. The maximum absolute atomic E-state index is 12.4. The lowest BCUT2D eigenvalue weighted by Gasteiger charge is -2.24. The Bertz CT molecular complexity index is 646. The molecule has 1 aliphatic heterocycles. The third-order valence-electron chi connectivity index (χ3n) is 4.79. The molecule has 1 fully saturated rings. The van der Waals surface area contributed by atoms with Crippen molar-refractivity contribution < 1.29 is 14.7 Å². The average Bonchev–Trinajstić information content (AvgIpc) is 2.95. The molecule has 0 unspecified atom stereocenters. The van der Waals surface area contributed by atoms with Gasteiger partial charge in [-0.15, -0.1) is 0 Å². The molecule has 2 atom stereocenters. The average molecular weight is 365 g/mol. The number of thioether (sulfide) groups is 1. The minimum absolute atomic E-state index is 0.0300. The molecule has 1 aromatic rings. The van der Waals surface area contributed by atoms with Gasteiger partial charge in [0.2, 0.25) is 11.8 Å². The SMILES string of the molecule is CSCC[C@](C)(O)CNC(=O)[C@H]1CC(=O)N(c2ccc(C)c(C)c2)C1. The molecule has 6 heteroatoms. The lowest BCUT2D eigenvalue weighted by Crippen LogP contribution is -2.43. The van der Waals surface area contributed by atoms with Gasteiger partial charge in [-0.2, -0.15) is 11.8 Å². The number of nitrogens with one attached hydrogen (secondary N) is 1. The number of benzene rings is 1. The van der Waals surface area contributed by atoms with Crippen molar-refractivity contribution in [1.29, 1.82) is 0 Å². The van der Waals surface area contributed by atoms with Crippen LogP contribution in [0.15, 0.2) is 18.2 Å². The van der Waals surface area contributed by atoms with E-state index in [4.69, 9.17) is 0 Å². The van der Waals surface area contributed by atoms with E-state index in [0.717, 1.165) is 17.0 Å². The van der Waals surface area contributed by atoms with Gasteiger partial charge in [-0.1, -0.05) is 6.07 Å². The predicted octanol–water partition coefficient (Wildman–Crippen LogP) is 2.28. The quantitative estimate of drug-likeness (QED) is 0.779. The maximum atomic E-state index is 12.4. The number of carbonyl (C=O) groups excluding carboxylic acids is 2. The van der Waals surface area contributed by atoms with Crippen LogP contribution in [0.4, 0.5) is 5.69 Å². The van der Waals surface area contributed by atoms with Crippen LogP contribution in [0, 0.1) is 19.8 Å². The molecule has 25 heavy (non-hydrogen) atoms. The van der Waals surface area contributed by atoms with Gasteiger partial charge in [0.1, 0.15) is 0 Å². The predicted molar refractivity (Wildman–Crippen MR) is 103 cm³/mol. The molecule has 1 aliphatic rings. The Hall–Kier alpha value is -1.53. The third kappa shape index (κ3) is 5.22. The van der Waals surface area contributed by atoms with Crippen LogP contribution >= 0.6 is 11.8 Å². The van der Waals surface area contributed by atoms with Gasteiger partial charge < -0.3 is 15.3 Å². The minimum Gasteiger partial charge on any atom is -0.388 e. The monoisotopic (exact) mass is 364 g/mol. The molecule has 0 bridgehead atoms. The van der Waals surface area contributed by atoms with E-state index in [2.05, 4.69) is 5.32 Å². The Balaban J connectivity index is 1.95. The first-order chi connectivity index (χ1) is 11.7. The molecule has 2 N–H and O–H groups in total. The molecule has 0 saturated carbocycles. The number of carbonyl (C=O) groups is 2. The van der Waals surface area contributed by atoms with Crippen molar-refractivity contribution >= 4 is 29.3 Å². The molecular formula is C19H28N2O3S. The first-order valence-electron chi connectivity index (χ1n) is 8.60. The summed E-state index contributed by atoms with van der Waals surface area (Å²) in [6.45, 7) is 6.37. The lowest BCUT2D eigenvalue weighted by molar-refractivity contribution is -0.127. The Morgan fingerprint density at radius 2 is 2.12 bits per heavy atom. The number of anilines is 1. The van der Waals surface area contributed by atoms with Gasteiger partial charge in [-0.3, -0.25) is 9.59 Å². The summed E-state index contributed by atoms with van der Waals surface area (Å²) in [5.74, 6) is 0.276. The lowest BCUT2D eigenvalue weighted by atomic mass is 10.0. The number of aryl methyl sites for hydroxylation is 2. The normalized spacial score (nSPS) is 19.8. The zero-order valence-corrected chi connectivity index (χ0v) is 16.3. The molecule has 1 saturated heterocycles. The number of nitrogens with zero attached hydrogens (tertiary/aromatic N) is 1. The second-order valence-electron chi connectivity index (χ2n) is 7.13. The van der Waals surface area contributed by atoms with Gasteiger partial charge in [0.25, 0.3) is 0 Å². The molecule has 2 rings (SSSR count). The van der Waals surface area contributed by atoms with Gasteiger partial charge in [-0.05, 0) is 62.5 Å². The summed E-state index contributed by atoms with van der Waals surface area (Å²) in [5.41, 5.74) is 2.23. The second-order valence-corrected chi connectivity index (χ2v) is 8.12. The second kappa shape index (κ2) is 8.23. The van der Waals surface area contributed by atoms with Gasteiger partial charge in [0.05, 0.1) is 11.5 Å². The standard InChI is InChI=1S/C19H28N2O3S/c1-13-5-6-16(9-14(13)2)21-11-15(10-17(21)22)18(23)20-12-19(3,24)7-8-25-4/h5-6,9,15,24H,7-8,10-12H2,1-4H3,(H,20,23)/t15-,19-/m0/s1. The summed E-state index contributed by atoms with van der Waals surface area (Å²) in [6.07, 6.45) is 2.82. The summed E-state index contributed by atoms with van der Waals surface area (Å²) in [7, 11) is 0. The van der Waals surface area contributed by atoms with Gasteiger partial charge >= 0.3 is 0 Å². The van der Waals surface area contributed by atoms with Gasteiger partial charge in [0, 0.05) is 25.2 Å². The molecule has 1 aromatic carbocycles. The van der Waals surface area contributed by atoms with Gasteiger partial charge in [-0.25, -0.2) is 0 Å². The van der Waals surface area contributed by atoms with E-state index in [0.29, 0.717) is 13.0 Å². The van der Waals surface area contributed by atoms with Crippen LogP contribution in [-0.4, -0.2) is 47.6 Å². The van der Waals surface area contributed by atoms with Crippen molar-refractivity contribution in [1.82, 2.24) is 5.32 Å². The van der Waals surface area contributed by atoms with E-state index >= 15 is 0 Å². The number of hydrogen-bond acceptors (Lipinski definition) is 4. The topological polar surface area (TPSA) is 69.6 Å². The molecule has 0 spiro atoms. The van der Waals surface area contributed by atoms with Crippen LogP contribution in [0.1, 0.15) is 30.9 Å². The molecule has 0 aromatic heterocycles. The Labute approximate surface area is 154 Å². The highest BCUT2D eigenvalue weighted by Gasteiger charge is 2.35.